The van der Waals surface area contributed by atoms with E-state index >= 15 is 0 Å². The minimum atomic E-state index is -0.591. The topological polar surface area (TPSA) is 47.6 Å². The van der Waals surface area contributed by atoms with Crippen molar-refractivity contribution < 1.29 is 14.3 Å². The van der Waals surface area contributed by atoms with Crippen LogP contribution in [0.4, 0.5) is 0 Å². The number of rotatable bonds is 7. The molecule has 4 heteroatoms. The summed E-state index contributed by atoms with van der Waals surface area (Å²) in [6.45, 7) is 6.07. The molecule has 2 unspecified atom stereocenters. The fourth-order valence-corrected chi connectivity index (χ4v) is 2.83. The highest BCUT2D eigenvalue weighted by molar-refractivity contribution is 5.84. The average molecular weight is 363 g/mol. The first kappa shape index (κ1) is 18.8. The molecule has 2 atom stereocenters. The summed E-state index contributed by atoms with van der Waals surface area (Å²) in [4.78, 5) is 12.4. The van der Waals surface area contributed by atoms with E-state index in [-0.39, 0.29) is 11.9 Å². The second-order valence-electron chi connectivity index (χ2n) is 6.76. The molecule has 3 rings (SSSR count). The van der Waals surface area contributed by atoms with Gasteiger partial charge in [0, 0.05) is 0 Å². The van der Waals surface area contributed by atoms with E-state index < -0.39 is 6.10 Å². The Labute approximate surface area is 160 Å². The van der Waals surface area contributed by atoms with Gasteiger partial charge in [-0.3, -0.25) is 4.79 Å². The summed E-state index contributed by atoms with van der Waals surface area (Å²) in [6, 6.07) is 21.6. The first-order valence-corrected chi connectivity index (χ1v) is 9.17. The van der Waals surface area contributed by atoms with Crippen LogP contribution in [0.25, 0.3) is 10.8 Å². The maximum absolute atomic E-state index is 12.4. The lowest BCUT2D eigenvalue weighted by atomic mass is 10.1. The van der Waals surface area contributed by atoms with E-state index in [1.54, 1.807) is 6.92 Å². The number of fused-ring (bicyclic) bond motifs is 1. The molecule has 0 heterocycles. The molecule has 0 aliphatic heterocycles. The first-order chi connectivity index (χ1) is 13.0. The number of amides is 1. The molecule has 0 aromatic heterocycles. The predicted molar refractivity (Wildman–Crippen MR) is 108 cm³/mol. The molecule has 1 N–H and O–H groups in total. The van der Waals surface area contributed by atoms with E-state index in [1.807, 2.05) is 80.6 Å². The lowest BCUT2D eigenvalue weighted by Gasteiger charge is -2.19. The number of benzene rings is 3. The molecular weight excluding hydrogens is 338 g/mol. The number of nitrogens with one attached hydrogen (secondary N) is 1. The number of ether oxygens (including phenoxy) is 2. The third-order valence-corrected chi connectivity index (χ3v) is 4.37. The van der Waals surface area contributed by atoms with E-state index in [2.05, 4.69) is 5.32 Å². The summed E-state index contributed by atoms with van der Waals surface area (Å²) < 4.78 is 11.6. The summed E-state index contributed by atoms with van der Waals surface area (Å²) in [5, 5.41) is 5.17. The van der Waals surface area contributed by atoms with Gasteiger partial charge in [0.05, 0.1) is 6.04 Å². The quantitative estimate of drug-likeness (QED) is 0.672. The van der Waals surface area contributed by atoms with Crippen molar-refractivity contribution in [3.8, 4) is 11.5 Å². The van der Waals surface area contributed by atoms with Gasteiger partial charge in [-0.15, -0.1) is 0 Å². The van der Waals surface area contributed by atoms with Crippen LogP contribution in [0.2, 0.25) is 0 Å². The fourth-order valence-electron chi connectivity index (χ4n) is 2.83. The standard InChI is InChI=1S/C23H25NO3/c1-16-8-4-7-11-22(16)26-15-17(2)24-23(25)18(3)27-21-13-12-19-9-5-6-10-20(19)14-21/h4-14,17-18H,15H2,1-3H3,(H,24,25). The van der Waals surface area contributed by atoms with E-state index in [4.69, 9.17) is 9.47 Å². The molecule has 0 spiro atoms. The largest absolute Gasteiger partial charge is 0.491 e. The van der Waals surface area contributed by atoms with Crippen LogP contribution >= 0.6 is 0 Å². The van der Waals surface area contributed by atoms with Gasteiger partial charge in [-0.2, -0.15) is 0 Å². The molecule has 140 valence electrons. The number of carbonyl (C=O) groups excluding carboxylic acids is 1. The summed E-state index contributed by atoms with van der Waals surface area (Å²) in [6.07, 6.45) is -0.591. The van der Waals surface area contributed by atoms with Gasteiger partial charge < -0.3 is 14.8 Å². The molecule has 3 aromatic rings. The van der Waals surface area contributed by atoms with Crippen molar-refractivity contribution in [2.75, 3.05) is 6.61 Å². The van der Waals surface area contributed by atoms with Crippen LogP contribution in [0.3, 0.4) is 0 Å². The monoisotopic (exact) mass is 363 g/mol. The number of hydrogen-bond acceptors (Lipinski definition) is 3. The summed E-state index contributed by atoms with van der Waals surface area (Å²) in [7, 11) is 0. The average Bonchev–Trinajstić information content (AvgIpc) is 2.67. The molecule has 27 heavy (non-hydrogen) atoms. The van der Waals surface area contributed by atoms with Crippen molar-refractivity contribution in [2.24, 2.45) is 0 Å². The van der Waals surface area contributed by atoms with Gasteiger partial charge in [-0.25, -0.2) is 0 Å². The highest BCUT2D eigenvalue weighted by Gasteiger charge is 2.17. The van der Waals surface area contributed by atoms with Crippen LogP contribution in [-0.4, -0.2) is 24.7 Å². The Morgan fingerprint density at radius 2 is 1.67 bits per heavy atom. The van der Waals surface area contributed by atoms with Gasteiger partial charge >= 0.3 is 0 Å². The Hall–Kier alpha value is -3.01. The van der Waals surface area contributed by atoms with Crippen molar-refractivity contribution in [3.63, 3.8) is 0 Å². The third kappa shape index (κ3) is 5.00. The number of carbonyl (C=O) groups is 1. The second kappa shape index (κ2) is 8.58. The Balaban J connectivity index is 1.52. The summed E-state index contributed by atoms with van der Waals surface area (Å²) >= 11 is 0. The lowest BCUT2D eigenvalue weighted by Crippen LogP contribution is -2.43. The van der Waals surface area contributed by atoms with Gasteiger partial charge in [0.2, 0.25) is 0 Å². The SMILES string of the molecule is Cc1ccccc1OCC(C)NC(=O)C(C)Oc1ccc2ccccc2c1. The zero-order chi connectivity index (χ0) is 19.2. The second-order valence-corrected chi connectivity index (χ2v) is 6.76. The van der Waals surface area contributed by atoms with Crippen LogP contribution in [0.15, 0.2) is 66.7 Å². The summed E-state index contributed by atoms with van der Waals surface area (Å²) in [5.74, 6) is 1.35. The smallest absolute Gasteiger partial charge is 0.261 e. The fraction of sp³-hybridized carbons (Fsp3) is 0.261. The highest BCUT2D eigenvalue weighted by Crippen LogP contribution is 2.21. The van der Waals surface area contributed by atoms with Crippen molar-refractivity contribution in [1.82, 2.24) is 5.32 Å². The van der Waals surface area contributed by atoms with Gasteiger partial charge in [-0.1, -0.05) is 48.5 Å². The van der Waals surface area contributed by atoms with Crippen LogP contribution < -0.4 is 14.8 Å². The molecule has 3 aromatic carbocycles. The highest BCUT2D eigenvalue weighted by atomic mass is 16.5. The van der Waals surface area contributed by atoms with E-state index in [0.717, 1.165) is 22.1 Å². The molecule has 0 aliphatic rings. The predicted octanol–water partition coefficient (Wildman–Crippen LogP) is 4.50. The zero-order valence-corrected chi connectivity index (χ0v) is 15.9. The van der Waals surface area contributed by atoms with Gasteiger partial charge in [0.1, 0.15) is 18.1 Å². The van der Waals surface area contributed by atoms with Crippen LogP contribution in [0, 0.1) is 6.92 Å². The Morgan fingerprint density at radius 3 is 2.44 bits per heavy atom. The number of aryl methyl sites for hydroxylation is 1. The molecule has 0 saturated carbocycles. The van der Waals surface area contributed by atoms with Gasteiger partial charge in [-0.05, 0) is 55.3 Å². The maximum atomic E-state index is 12.4. The minimum Gasteiger partial charge on any atom is -0.491 e. The molecule has 0 bridgehead atoms. The molecule has 0 aliphatic carbocycles. The van der Waals surface area contributed by atoms with Crippen LogP contribution in [-0.2, 0) is 4.79 Å². The molecule has 0 radical (unpaired) electrons. The van der Waals surface area contributed by atoms with Crippen molar-refractivity contribution >= 4 is 16.7 Å². The Kier molecular flexibility index (Phi) is 5.97. The van der Waals surface area contributed by atoms with Gasteiger partial charge in [0.15, 0.2) is 6.10 Å². The van der Waals surface area contributed by atoms with Crippen molar-refractivity contribution in [3.05, 3.63) is 72.3 Å². The van der Waals surface area contributed by atoms with Crippen LogP contribution in [0.1, 0.15) is 19.4 Å². The van der Waals surface area contributed by atoms with E-state index in [9.17, 15) is 4.79 Å². The number of para-hydroxylation sites is 1. The minimum absolute atomic E-state index is 0.125. The Bertz CT molecular complexity index is 922. The van der Waals surface area contributed by atoms with Crippen LogP contribution in [0.5, 0.6) is 11.5 Å². The maximum Gasteiger partial charge on any atom is 0.261 e. The molecular formula is C23H25NO3. The summed E-state index contributed by atoms with van der Waals surface area (Å²) in [5.41, 5.74) is 1.07. The van der Waals surface area contributed by atoms with Crippen molar-refractivity contribution in [2.45, 2.75) is 32.9 Å². The molecule has 0 saturated heterocycles. The number of hydrogen-bond donors (Lipinski definition) is 1. The van der Waals surface area contributed by atoms with E-state index in [0.29, 0.717) is 12.4 Å². The molecule has 4 nitrogen and oxygen atoms in total. The van der Waals surface area contributed by atoms with Gasteiger partial charge in [0.25, 0.3) is 5.91 Å². The normalized spacial score (nSPS) is 13.0. The molecule has 0 fully saturated rings. The Morgan fingerprint density at radius 1 is 0.963 bits per heavy atom. The molecule has 1 amide bonds. The van der Waals surface area contributed by atoms with Crippen molar-refractivity contribution in [1.29, 1.82) is 0 Å². The van der Waals surface area contributed by atoms with E-state index in [1.165, 1.54) is 0 Å². The first-order valence-electron chi connectivity index (χ1n) is 9.17. The lowest BCUT2D eigenvalue weighted by molar-refractivity contribution is -0.128. The zero-order valence-electron chi connectivity index (χ0n) is 15.9. The third-order valence-electron chi connectivity index (χ3n) is 4.37.